The Balaban J connectivity index is 1.55. The van der Waals surface area contributed by atoms with Crippen LogP contribution in [-0.4, -0.2) is 61.9 Å². The number of urea groups is 1. The molecule has 0 unspecified atom stereocenters. The third-order valence-electron chi connectivity index (χ3n) is 4.16. The third-order valence-corrected chi connectivity index (χ3v) is 4.53. The number of aromatic nitrogens is 4. The van der Waals surface area contributed by atoms with E-state index in [2.05, 4.69) is 15.5 Å². The van der Waals surface area contributed by atoms with Crippen LogP contribution in [0.15, 0.2) is 12.3 Å². The highest BCUT2D eigenvalue weighted by Gasteiger charge is 2.23. The molecule has 3 heterocycles. The molecule has 0 fully saturated rings. The van der Waals surface area contributed by atoms with Gasteiger partial charge in [-0.15, -0.1) is 0 Å². The average Bonchev–Trinajstić information content (AvgIpc) is 3.14. The number of rotatable bonds is 4. The topological polar surface area (TPSA) is 88.3 Å². The molecule has 9 nitrogen and oxygen atoms in total. The molecule has 0 aromatic carbocycles. The number of fused-ring (bicyclic) bond motifs is 1. The van der Waals surface area contributed by atoms with Crippen LogP contribution in [0.4, 0.5) is 4.79 Å². The van der Waals surface area contributed by atoms with Crippen molar-refractivity contribution in [3.8, 4) is 0 Å². The van der Waals surface area contributed by atoms with Gasteiger partial charge >= 0.3 is 6.03 Å². The summed E-state index contributed by atoms with van der Waals surface area (Å²) in [5.74, 6) is -0.167. The number of carbonyl (C=O) groups is 2. The Morgan fingerprint density at radius 3 is 2.73 bits per heavy atom. The molecule has 2 aromatic rings. The van der Waals surface area contributed by atoms with Crippen molar-refractivity contribution in [3.05, 3.63) is 34.4 Å². The molecule has 0 radical (unpaired) electrons. The standard InChI is InChI=1S/C16H22ClN7O2/c1-11-14(17)9-23(19-11)10-15(25)18-7-12-6-13-8-22(16(26)21(2)3)4-5-24(13)20-12/h6,9H,4-5,7-8,10H2,1-3H3,(H,18,25). The first-order valence-corrected chi connectivity index (χ1v) is 8.69. The maximum absolute atomic E-state index is 12.1. The molecule has 1 N–H and O–H groups in total. The van der Waals surface area contributed by atoms with E-state index in [1.807, 2.05) is 10.7 Å². The highest BCUT2D eigenvalue weighted by Crippen LogP contribution is 2.15. The lowest BCUT2D eigenvalue weighted by Gasteiger charge is -2.29. The van der Waals surface area contributed by atoms with E-state index in [4.69, 9.17) is 11.6 Å². The van der Waals surface area contributed by atoms with Crippen LogP contribution in [0.5, 0.6) is 0 Å². The molecule has 26 heavy (non-hydrogen) atoms. The van der Waals surface area contributed by atoms with Gasteiger partial charge in [0.25, 0.3) is 0 Å². The van der Waals surface area contributed by atoms with Gasteiger partial charge in [-0.25, -0.2) is 4.79 Å². The minimum absolute atomic E-state index is 0.0134. The summed E-state index contributed by atoms with van der Waals surface area (Å²) in [5.41, 5.74) is 2.42. The van der Waals surface area contributed by atoms with Crippen LogP contribution >= 0.6 is 11.6 Å². The molecule has 2 aromatic heterocycles. The first-order chi connectivity index (χ1) is 12.3. The van der Waals surface area contributed by atoms with Crippen molar-refractivity contribution in [3.63, 3.8) is 0 Å². The largest absolute Gasteiger partial charge is 0.349 e. The number of nitrogens with zero attached hydrogens (tertiary/aromatic N) is 6. The van der Waals surface area contributed by atoms with Crippen LogP contribution in [0, 0.1) is 6.92 Å². The highest BCUT2D eigenvalue weighted by atomic mass is 35.5. The molecule has 0 spiro atoms. The molecule has 0 atom stereocenters. The van der Waals surface area contributed by atoms with Crippen LogP contribution in [0.1, 0.15) is 17.1 Å². The Labute approximate surface area is 156 Å². The second-order valence-electron chi connectivity index (χ2n) is 6.49. The molecule has 0 saturated heterocycles. The predicted molar refractivity (Wildman–Crippen MR) is 95.5 cm³/mol. The molecule has 3 amide bonds. The molecular formula is C16H22ClN7O2. The predicted octanol–water partition coefficient (Wildman–Crippen LogP) is 0.855. The lowest BCUT2D eigenvalue weighted by atomic mass is 10.3. The van der Waals surface area contributed by atoms with Crippen LogP contribution in [0.2, 0.25) is 5.02 Å². The monoisotopic (exact) mass is 379 g/mol. The Morgan fingerprint density at radius 2 is 2.08 bits per heavy atom. The molecule has 10 heteroatoms. The zero-order valence-electron chi connectivity index (χ0n) is 15.1. The molecule has 0 saturated carbocycles. The van der Waals surface area contributed by atoms with Crippen LogP contribution < -0.4 is 5.32 Å². The fourth-order valence-electron chi connectivity index (χ4n) is 2.83. The van der Waals surface area contributed by atoms with E-state index in [-0.39, 0.29) is 18.5 Å². The summed E-state index contributed by atoms with van der Waals surface area (Å²) >= 11 is 5.94. The summed E-state index contributed by atoms with van der Waals surface area (Å²) in [6.07, 6.45) is 1.63. The van der Waals surface area contributed by atoms with Crippen molar-refractivity contribution in [1.82, 2.24) is 34.7 Å². The van der Waals surface area contributed by atoms with Gasteiger partial charge in [-0.05, 0) is 13.0 Å². The van der Waals surface area contributed by atoms with Gasteiger partial charge in [0.2, 0.25) is 5.91 Å². The van der Waals surface area contributed by atoms with Gasteiger partial charge < -0.3 is 15.1 Å². The molecular weight excluding hydrogens is 358 g/mol. The number of aryl methyl sites for hydroxylation is 1. The first kappa shape index (κ1) is 18.2. The average molecular weight is 380 g/mol. The Morgan fingerprint density at radius 1 is 1.31 bits per heavy atom. The second-order valence-corrected chi connectivity index (χ2v) is 6.89. The maximum atomic E-state index is 12.1. The number of hydrogen-bond donors (Lipinski definition) is 1. The number of nitrogens with one attached hydrogen (secondary N) is 1. The van der Waals surface area contributed by atoms with Crippen LogP contribution in [0.3, 0.4) is 0 Å². The van der Waals surface area contributed by atoms with Crippen molar-refractivity contribution in [1.29, 1.82) is 0 Å². The van der Waals surface area contributed by atoms with E-state index in [1.165, 1.54) is 4.68 Å². The molecule has 1 aliphatic rings. The second kappa shape index (κ2) is 7.36. The third kappa shape index (κ3) is 3.98. The SMILES string of the molecule is Cc1nn(CC(=O)NCc2cc3n(n2)CCN(C(=O)N(C)C)C3)cc1Cl. The lowest BCUT2D eigenvalue weighted by Crippen LogP contribution is -2.43. The normalized spacial score (nSPS) is 13.5. The highest BCUT2D eigenvalue weighted by molar-refractivity contribution is 6.31. The van der Waals surface area contributed by atoms with Gasteiger partial charge in [-0.2, -0.15) is 10.2 Å². The Kier molecular flexibility index (Phi) is 5.17. The van der Waals surface area contributed by atoms with Gasteiger partial charge in [-0.3, -0.25) is 14.2 Å². The fourth-order valence-corrected chi connectivity index (χ4v) is 2.98. The molecule has 140 valence electrons. The first-order valence-electron chi connectivity index (χ1n) is 8.31. The van der Waals surface area contributed by atoms with E-state index < -0.39 is 0 Å². The van der Waals surface area contributed by atoms with E-state index in [1.54, 1.807) is 37.0 Å². The Bertz CT molecular complexity index is 807. The van der Waals surface area contributed by atoms with Gasteiger partial charge in [0.1, 0.15) is 6.54 Å². The summed E-state index contributed by atoms with van der Waals surface area (Å²) in [6.45, 7) is 4.01. The van der Waals surface area contributed by atoms with Crippen molar-refractivity contribution in [2.45, 2.75) is 33.1 Å². The maximum Gasteiger partial charge on any atom is 0.319 e. The lowest BCUT2D eigenvalue weighted by molar-refractivity contribution is -0.122. The summed E-state index contributed by atoms with van der Waals surface area (Å²) < 4.78 is 3.40. The molecule has 3 rings (SSSR count). The van der Waals surface area contributed by atoms with Crippen molar-refractivity contribution < 1.29 is 9.59 Å². The number of amides is 3. The van der Waals surface area contributed by atoms with Crippen molar-refractivity contribution in [2.24, 2.45) is 0 Å². The van der Waals surface area contributed by atoms with Crippen LogP contribution in [-0.2, 0) is 31.0 Å². The molecule has 0 bridgehead atoms. The summed E-state index contributed by atoms with van der Waals surface area (Å²) in [6, 6.07) is 1.91. The minimum atomic E-state index is -0.167. The van der Waals surface area contributed by atoms with Gasteiger partial charge in [0.15, 0.2) is 0 Å². The zero-order valence-corrected chi connectivity index (χ0v) is 15.8. The van der Waals surface area contributed by atoms with Gasteiger partial charge in [-0.1, -0.05) is 11.6 Å². The zero-order chi connectivity index (χ0) is 18.8. The number of halogens is 1. The van der Waals surface area contributed by atoms with Gasteiger partial charge in [0, 0.05) is 26.8 Å². The van der Waals surface area contributed by atoms with Crippen molar-refractivity contribution >= 4 is 23.5 Å². The summed E-state index contributed by atoms with van der Waals surface area (Å²) in [7, 11) is 3.48. The minimum Gasteiger partial charge on any atom is -0.349 e. The van der Waals surface area contributed by atoms with E-state index in [0.29, 0.717) is 36.9 Å². The quantitative estimate of drug-likeness (QED) is 0.853. The Hall–Kier alpha value is -2.55. The number of hydrogen-bond acceptors (Lipinski definition) is 4. The van der Waals surface area contributed by atoms with Crippen molar-refractivity contribution in [2.75, 3.05) is 20.6 Å². The van der Waals surface area contributed by atoms with E-state index >= 15 is 0 Å². The molecule has 0 aliphatic carbocycles. The fraction of sp³-hybridized carbons (Fsp3) is 0.500. The van der Waals surface area contributed by atoms with Gasteiger partial charge in [0.05, 0.1) is 41.7 Å². The smallest absolute Gasteiger partial charge is 0.319 e. The van der Waals surface area contributed by atoms with E-state index in [0.717, 1.165) is 11.4 Å². The summed E-state index contributed by atoms with van der Waals surface area (Å²) in [4.78, 5) is 27.5. The van der Waals surface area contributed by atoms with E-state index in [9.17, 15) is 9.59 Å². The van der Waals surface area contributed by atoms with Crippen LogP contribution in [0.25, 0.3) is 0 Å². The number of carbonyl (C=O) groups excluding carboxylic acids is 2. The summed E-state index contributed by atoms with van der Waals surface area (Å²) in [5, 5.41) is 12.0. The molecule has 1 aliphatic heterocycles.